The molecule has 0 fully saturated rings. The molecule has 0 aromatic heterocycles. The molecule has 27 heavy (non-hydrogen) atoms. The molecule has 0 heterocycles. The number of anilines is 1. The lowest BCUT2D eigenvalue weighted by Gasteiger charge is -2.17. The molecule has 1 atom stereocenters. The first-order valence-electron chi connectivity index (χ1n) is 8.66. The number of aryl methyl sites for hydroxylation is 2. The molecule has 3 rings (SSSR count). The van der Waals surface area contributed by atoms with Crippen molar-refractivity contribution in [3.63, 3.8) is 0 Å². The lowest BCUT2D eigenvalue weighted by atomic mass is 10.1. The summed E-state index contributed by atoms with van der Waals surface area (Å²) in [7, 11) is -3.82. The maximum absolute atomic E-state index is 12.7. The molecule has 0 unspecified atom stereocenters. The topological polar surface area (TPSA) is 75.3 Å². The Morgan fingerprint density at radius 2 is 1.52 bits per heavy atom. The molecule has 140 valence electrons. The van der Waals surface area contributed by atoms with Gasteiger partial charge < -0.3 is 5.32 Å². The van der Waals surface area contributed by atoms with Crippen molar-refractivity contribution in [1.29, 1.82) is 0 Å². The van der Waals surface area contributed by atoms with Gasteiger partial charge in [-0.2, -0.15) is 4.72 Å². The summed E-state index contributed by atoms with van der Waals surface area (Å²) in [4.78, 5) is 12.6. The Hall–Kier alpha value is -2.70. The highest BCUT2D eigenvalue weighted by molar-refractivity contribution is 7.89. The Kier molecular flexibility index (Phi) is 5.30. The quantitative estimate of drug-likeness (QED) is 0.705. The number of nitrogens with one attached hydrogen (secondary N) is 2. The number of hydrogen-bond donors (Lipinski definition) is 2. The first-order valence-corrected chi connectivity index (χ1v) is 10.1. The monoisotopic (exact) mass is 382 g/mol. The van der Waals surface area contributed by atoms with Gasteiger partial charge in [0.05, 0.1) is 10.9 Å². The fourth-order valence-electron chi connectivity index (χ4n) is 2.93. The van der Waals surface area contributed by atoms with E-state index in [1.165, 1.54) is 6.92 Å². The van der Waals surface area contributed by atoms with Gasteiger partial charge >= 0.3 is 0 Å². The normalized spacial score (nSPS) is 12.7. The largest absolute Gasteiger partial charge is 0.324 e. The minimum atomic E-state index is -3.82. The molecule has 0 saturated carbocycles. The van der Waals surface area contributed by atoms with Crippen LogP contribution in [-0.2, 0) is 14.8 Å². The zero-order chi connectivity index (χ0) is 19.6. The molecular formula is C21H22N2O3S. The zero-order valence-corrected chi connectivity index (χ0v) is 16.3. The number of sulfonamides is 1. The third-order valence-electron chi connectivity index (χ3n) is 4.49. The van der Waals surface area contributed by atoms with E-state index in [-0.39, 0.29) is 4.90 Å². The summed E-state index contributed by atoms with van der Waals surface area (Å²) in [6.45, 7) is 5.32. The third kappa shape index (κ3) is 4.18. The van der Waals surface area contributed by atoms with E-state index in [0.717, 1.165) is 21.9 Å². The number of rotatable bonds is 5. The van der Waals surface area contributed by atoms with E-state index in [1.807, 2.05) is 56.3 Å². The summed E-state index contributed by atoms with van der Waals surface area (Å²) in [5.41, 5.74) is 2.56. The van der Waals surface area contributed by atoms with Crippen molar-refractivity contribution in [1.82, 2.24) is 4.72 Å². The van der Waals surface area contributed by atoms with Gasteiger partial charge in [0.2, 0.25) is 15.9 Å². The maximum atomic E-state index is 12.7. The van der Waals surface area contributed by atoms with E-state index in [9.17, 15) is 13.2 Å². The number of carbonyl (C=O) groups is 1. The van der Waals surface area contributed by atoms with Crippen LogP contribution in [0.4, 0.5) is 5.69 Å². The number of fused-ring (bicyclic) bond motifs is 1. The number of para-hydroxylation sites is 1. The van der Waals surface area contributed by atoms with Crippen molar-refractivity contribution in [2.45, 2.75) is 31.7 Å². The lowest BCUT2D eigenvalue weighted by Crippen LogP contribution is -2.41. The van der Waals surface area contributed by atoms with Crippen LogP contribution in [0.5, 0.6) is 0 Å². The molecule has 1 amide bonds. The van der Waals surface area contributed by atoms with Crippen molar-refractivity contribution in [3.05, 3.63) is 71.8 Å². The van der Waals surface area contributed by atoms with Crippen LogP contribution >= 0.6 is 0 Å². The first-order chi connectivity index (χ1) is 12.8. The second-order valence-corrected chi connectivity index (χ2v) is 8.32. The van der Waals surface area contributed by atoms with Gasteiger partial charge in [-0.25, -0.2) is 8.42 Å². The highest BCUT2D eigenvalue weighted by Crippen LogP contribution is 2.21. The van der Waals surface area contributed by atoms with Crippen LogP contribution in [0, 0.1) is 13.8 Å². The molecule has 2 N–H and O–H groups in total. The molecule has 0 aliphatic carbocycles. The predicted molar refractivity (Wildman–Crippen MR) is 108 cm³/mol. The second kappa shape index (κ2) is 7.50. The van der Waals surface area contributed by atoms with Crippen molar-refractivity contribution >= 4 is 32.4 Å². The van der Waals surface area contributed by atoms with Crippen molar-refractivity contribution in [3.8, 4) is 0 Å². The van der Waals surface area contributed by atoms with Crippen molar-refractivity contribution < 1.29 is 13.2 Å². The number of amides is 1. The summed E-state index contributed by atoms with van der Waals surface area (Å²) >= 11 is 0. The smallest absolute Gasteiger partial charge is 0.242 e. The molecule has 5 nitrogen and oxygen atoms in total. The Bertz CT molecular complexity index is 1090. The Morgan fingerprint density at radius 1 is 0.889 bits per heavy atom. The van der Waals surface area contributed by atoms with Gasteiger partial charge in [0.1, 0.15) is 0 Å². The Balaban J connectivity index is 1.78. The zero-order valence-electron chi connectivity index (χ0n) is 15.5. The van der Waals surface area contributed by atoms with E-state index in [4.69, 9.17) is 0 Å². The molecular weight excluding hydrogens is 360 g/mol. The molecule has 0 aliphatic heterocycles. The minimum Gasteiger partial charge on any atom is -0.324 e. The standard InChI is InChI=1S/C21H22N2O3S/c1-14-7-6-8-15(2)20(14)22-21(24)16(3)23-27(25,26)19-12-11-17-9-4-5-10-18(17)13-19/h4-13,16,23H,1-3H3,(H,22,24)/t16-/m1/s1. The van der Waals surface area contributed by atoms with Crippen LogP contribution < -0.4 is 10.0 Å². The molecule has 0 aliphatic rings. The fraction of sp³-hybridized carbons (Fsp3) is 0.190. The second-order valence-electron chi connectivity index (χ2n) is 6.61. The summed E-state index contributed by atoms with van der Waals surface area (Å²) in [6.07, 6.45) is 0. The summed E-state index contributed by atoms with van der Waals surface area (Å²) in [5.74, 6) is -0.406. The predicted octanol–water partition coefficient (Wildman–Crippen LogP) is 3.76. The Morgan fingerprint density at radius 3 is 2.19 bits per heavy atom. The average molecular weight is 382 g/mol. The van der Waals surface area contributed by atoms with Gasteiger partial charge in [0, 0.05) is 5.69 Å². The SMILES string of the molecule is Cc1cccc(C)c1NC(=O)[C@@H](C)NS(=O)(=O)c1ccc2ccccc2c1. The van der Waals surface area contributed by atoms with Crippen molar-refractivity contribution in [2.24, 2.45) is 0 Å². The average Bonchev–Trinajstić information content (AvgIpc) is 2.64. The van der Waals surface area contributed by atoms with Gasteiger partial charge in [-0.15, -0.1) is 0 Å². The van der Waals surface area contributed by atoms with Gasteiger partial charge in [0.25, 0.3) is 0 Å². The number of hydrogen-bond acceptors (Lipinski definition) is 3. The van der Waals surface area contributed by atoms with Crippen LogP contribution in [0.1, 0.15) is 18.1 Å². The molecule has 0 saturated heterocycles. The summed E-state index contributed by atoms with van der Waals surface area (Å²) in [5, 5.41) is 4.60. The fourth-order valence-corrected chi connectivity index (χ4v) is 4.17. The molecule has 6 heteroatoms. The highest BCUT2D eigenvalue weighted by Gasteiger charge is 2.23. The number of carbonyl (C=O) groups excluding carboxylic acids is 1. The van der Waals surface area contributed by atoms with Gasteiger partial charge in [0.15, 0.2) is 0 Å². The minimum absolute atomic E-state index is 0.132. The van der Waals surface area contributed by atoms with Crippen molar-refractivity contribution in [2.75, 3.05) is 5.32 Å². The molecule has 0 spiro atoms. The van der Waals surface area contributed by atoms with Gasteiger partial charge in [-0.05, 0) is 54.8 Å². The van der Waals surface area contributed by atoms with Gasteiger partial charge in [-0.3, -0.25) is 4.79 Å². The van der Waals surface area contributed by atoms with Gasteiger partial charge in [-0.1, -0.05) is 48.5 Å². The molecule has 0 bridgehead atoms. The van der Waals surface area contributed by atoms with E-state index in [0.29, 0.717) is 5.69 Å². The van der Waals surface area contributed by atoms with Crippen LogP contribution in [0.15, 0.2) is 65.6 Å². The van der Waals surface area contributed by atoms with Crippen LogP contribution in [0.2, 0.25) is 0 Å². The number of benzene rings is 3. The summed E-state index contributed by atoms with van der Waals surface area (Å²) in [6, 6.07) is 17.2. The van der Waals surface area contributed by atoms with E-state index >= 15 is 0 Å². The lowest BCUT2D eigenvalue weighted by molar-refractivity contribution is -0.117. The van der Waals surface area contributed by atoms with Crippen LogP contribution in [-0.4, -0.2) is 20.4 Å². The molecule has 0 radical (unpaired) electrons. The van der Waals surface area contributed by atoms with E-state index in [2.05, 4.69) is 10.0 Å². The summed E-state index contributed by atoms with van der Waals surface area (Å²) < 4.78 is 27.8. The highest BCUT2D eigenvalue weighted by atomic mass is 32.2. The first kappa shape index (κ1) is 19.1. The van der Waals surface area contributed by atoms with Crippen LogP contribution in [0.25, 0.3) is 10.8 Å². The molecule has 3 aromatic rings. The molecule has 3 aromatic carbocycles. The van der Waals surface area contributed by atoms with E-state index < -0.39 is 22.0 Å². The third-order valence-corrected chi connectivity index (χ3v) is 6.02. The van der Waals surface area contributed by atoms with E-state index in [1.54, 1.807) is 18.2 Å². The maximum Gasteiger partial charge on any atom is 0.242 e. The Labute approximate surface area is 159 Å². The van der Waals surface area contributed by atoms with Crippen LogP contribution in [0.3, 0.4) is 0 Å².